The van der Waals surface area contributed by atoms with Gasteiger partial charge in [0.05, 0.1) is 12.3 Å². The Kier molecular flexibility index (Phi) is 4.71. The van der Waals surface area contributed by atoms with Crippen molar-refractivity contribution in [1.82, 2.24) is 4.98 Å². The van der Waals surface area contributed by atoms with Gasteiger partial charge >= 0.3 is 0 Å². The van der Waals surface area contributed by atoms with Crippen LogP contribution in [-0.4, -0.2) is 11.6 Å². The molecule has 0 spiro atoms. The molecule has 3 aromatic rings. The summed E-state index contributed by atoms with van der Waals surface area (Å²) >= 11 is 1.60. The number of aromatic nitrogens is 1. The lowest BCUT2D eigenvalue weighted by molar-refractivity contribution is 0.312. The zero-order chi connectivity index (χ0) is 15.2. The van der Waals surface area contributed by atoms with Crippen LogP contribution in [-0.2, 0) is 6.42 Å². The number of anilines is 1. The van der Waals surface area contributed by atoms with Crippen LogP contribution in [0.5, 0.6) is 5.75 Å². The maximum absolute atomic E-state index is 6.07. The molecule has 0 unspecified atom stereocenters. The van der Waals surface area contributed by atoms with Crippen molar-refractivity contribution in [2.45, 2.75) is 12.8 Å². The zero-order valence-electron chi connectivity index (χ0n) is 12.2. The summed E-state index contributed by atoms with van der Waals surface area (Å²) in [5.41, 5.74) is 9.10. The average molecular weight is 310 g/mol. The highest BCUT2D eigenvalue weighted by Gasteiger charge is 2.05. The molecule has 112 valence electrons. The van der Waals surface area contributed by atoms with E-state index in [-0.39, 0.29) is 0 Å². The van der Waals surface area contributed by atoms with E-state index in [4.69, 9.17) is 10.5 Å². The number of nitrogen functional groups attached to an aromatic ring is 1. The molecule has 3 nitrogen and oxygen atoms in total. The topological polar surface area (TPSA) is 48.1 Å². The van der Waals surface area contributed by atoms with Gasteiger partial charge in [0.15, 0.2) is 0 Å². The first-order valence-corrected chi connectivity index (χ1v) is 8.17. The van der Waals surface area contributed by atoms with E-state index < -0.39 is 0 Å². The quantitative estimate of drug-likeness (QED) is 0.542. The van der Waals surface area contributed by atoms with E-state index in [9.17, 15) is 0 Å². The predicted octanol–water partition coefficient (Wildman–Crippen LogP) is 4.40. The van der Waals surface area contributed by atoms with Gasteiger partial charge in [-0.2, -0.15) is 0 Å². The van der Waals surface area contributed by atoms with Crippen LogP contribution in [0.3, 0.4) is 0 Å². The number of ether oxygens (including phenoxy) is 1. The normalized spacial score (nSPS) is 10.5. The minimum Gasteiger partial charge on any atom is -0.491 e. The number of benzene rings is 2. The van der Waals surface area contributed by atoms with Crippen LogP contribution in [0.25, 0.3) is 10.6 Å². The Hall–Kier alpha value is -2.33. The molecule has 3 rings (SSSR count). The lowest BCUT2D eigenvalue weighted by Gasteiger charge is -2.10. The molecular weight excluding hydrogens is 292 g/mol. The van der Waals surface area contributed by atoms with Crippen LogP contribution in [0.4, 0.5) is 5.69 Å². The van der Waals surface area contributed by atoms with Crippen LogP contribution >= 0.6 is 11.3 Å². The van der Waals surface area contributed by atoms with Gasteiger partial charge < -0.3 is 10.5 Å². The van der Waals surface area contributed by atoms with Crippen LogP contribution in [0.1, 0.15) is 12.0 Å². The molecule has 0 aliphatic heterocycles. The molecular formula is C18H18N2OS. The number of rotatable bonds is 6. The van der Waals surface area contributed by atoms with E-state index in [0.717, 1.165) is 29.2 Å². The third kappa shape index (κ3) is 3.65. The number of thiazole rings is 1. The molecule has 1 heterocycles. The Morgan fingerprint density at radius 1 is 1.09 bits per heavy atom. The molecule has 0 aliphatic carbocycles. The smallest absolute Gasteiger partial charge is 0.142 e. The second-order valence-corrected chi connectivity index (χ2v) is 5.92. The SMILES string of the molecule is Nc1cc(-c2nccs2)ccc1OCCCc1ccccc1. The van der Waals surface area contributed by atoms with E-state index in [1.54, 1.807) is 17.5 Å². The van der Waals surface area contributed by atoms with Crippen LogP contribution < -0.4 is 10.5 Å². The fourth-order valence-corrected chi connectivity index (χ4v) is 2.92. The van der Waals surface area contributed by atoms with Gasteiger partial charge in [0.2, 0.25) is 0 Å². The van der Waals surface area contributed by atoms with Crippen LogP contribution in [0, 0.1) is 0 Å². The standard InChI is InChI=1S/C18H18N2OS/c19-16-13-15(18-20-10-12-22-18)8-9-17(16)21-11-4-7-14-5-2-1-3-6-14/h1-3,5-6,8-10,12-13H,4,7,11,19H2. The highest BCUT2D eigenvalue weighted by molar-refractivity contribution is 7.13. The second kappa shape index (κ2) is 7.09. The van der Waals surface area contributed by atoms with Crippen molar-refractivity contribution >= 4 is 17.0 Å². The first-order chi connectivity index (χ1) is 10.8. The summed E-state index contributed by atoms with van der Waals surface area (Å²) in [6.45, 7) is 0.662. The van der Waals surface area contributed by atoms with Crippen molar-refractivity contribution in [1.29, 1.82) is 0 Å². The number of hydrogen-bond acceptors (Lipinski definition) is 4. The first-order valence-electron chi connectivity index (χ1n) is 7.29. The molecule has 0 saturated heterocycles. The minimum atomic E-state index is 0.660. The van der Waals surface area contributed by atoms with Gasteiger partial charge in [-0.1, -0.05) is 30.3 Å². The van der Waals surface area contributed by atoms with Gasteiger partial charge in [0, 0.05) is 17.1 Å². The monoisotopic (exact) mass is 310 g/mol. The fraction of sp³-hybridized carbons (Fsp3) is 0.167. The second-order valence-electron chi connectivity index (χ2n) is 5.03. The van der Waals surface area contributed by atoms with Crippen molar-refractivity contribution in [3.05, 3.63) is 65.7 Å². The van der Waals surface area contributed by atoms with Gasteiger partial charge in [0.1, 0.15) is 10.8 Å². The maximum atomic E-state index is 6.07. The molecule has 0 saturated carbocycles. The molecule has 0 amide bonds. The van der Waals surface area contributed by atoms with Crippen molar-refractivity contribution in [3.63, 3.8) is 0 Å². The molecule has 0 radical (unpaired) electrons. The van der Waals surface area contributed by atoms with Crippen molar-refractivity contribution in [2.24, 2.45) is 0 Å². The van der Waals surface area contributed by atoms with Gasteiger partial charge in [-0.3, -0.25) is 0 Å². The summed E-state index contributed by atoms with van der Waals surface area (Å²) in [6.07, 6.45) is 3.78. The molecule has 0 aliphatic rings. The highest BCUT2D eigenvalue weighted by Crippen LogP contribution is 2.29. The number of nitrogens with two attached hydrogens (primary N) is 1. The highest BCUT2D eigenvalue weighted by atomic mass is 32.1. The number of aryl methyl sites for hydroxylation is 1. The van der Waals surface area contributed by atoms with E-state index in [2.05, 4.69) is 29.2 Å². The summed E-state index contributed by atoms with van der Waals surface area (Å²) < 4.78 is 5.79. The zero-order valence-corrected chi connectivity index (χ0v) is 13.1. The summed E-state index contributed by atoms with van der Waals surface area (Å²) in [5.74, 6) is 0.744. The molecule has 0 bridgehead atoms. The predicted molar refractivity (Wildman–Crippen MR) is 92.2 cm³/mol. The van der Waals surface area contributed by atoms with Gasteiger partial charge in [-0.05, 0) is 36.6 Å². The summed E-state index contributed by atoms with van der Waals surface area (Å²) in [6, 6.07) is 16.3. The Balaban J connectivity index is 1.55. The third-order valence-electron chi connectivity index (χ3n) is 3.40. The molecule has 2 N–H and O–H groups in total. The molecule has 0 atom stereocenters. The Bertz CT molecular complexity index is 711. The van der Waals surface area contributed by atoms with E-state index >= 15 is 0 Å². The summed E-state index contributed by atoms with van der Waals surface area (Å²) in [4.78, 5) is 4.29. The van der Waals surface area contributed by atoms with Gasteiger partial charge in [0.25, 0.3) is 0 Å². The minimum absolute atomic E-state index is 0.660. The maximum Gasteiger partial charge on any atom is 0.142 e. The first kappa shape index (κ1) is 14.6. The third-order valence-corrected chi connectivity index (χ3v) is 4.22. The largest absolute Gasteiger partial charge is 0.491 e. The lowest BCUT2D eigenvalue weighted by Crippen LogP contribution is -2.02. The Labute approximate surface area is 134 Å². The summed E-state index contributed by atoms with van der Waals surface area (Å²) in [7, 11) is 0. The number of nitrogens with zero attached hydrogens (tertiary/aromatic N) is 1. The van der Waals surface area contributed by atoms with Gasteiger partial charge in [-0.25, -0.2) is 4.98 Å². The number of hydrogen-bond donors (Lipinski definition) is 1. The molecule has 4 heteroatoms. The average Bonchev–Trinajstić information content (AvgIpc) is 3.08. The Morgan fingerprint density at radius 3 is 2.68 bits per heavy atom. The van der Waals surface area contributed by atoms with Crippen molar-refractivity contribution in [2.75, 3.05) is 12.3 Å². The van der Waals surface area contributed by atoms with Crippen LogP contribution in [0.2, 0.25) is 0 Å². The van der Waals surface area contributed by atoms with E-state index in [1.165, 1.54) is 5.56 Å². The fourth-order valence-electron chi connectivity index (χ4n) is 2.28. The van der Waals surface area contributed by atoms with Crippen molar-refractivity contribution in [3.8, 4) is 16.3 Å². The molecule has 22 heavy (non-hydrogen) atoms. The molecule has 0 fully saturated rings. The lowest BCUT2D eigenvalue weighted by atomic mass is 10.1. The Morgan fingerprint density at radius 2 is 1.95 bits per heavy atom. The summed E-state index contributed by atoms with van der Waals surface area (Å²) in [5, 5.41) is 2.93. The van der Waals surface area contributed by atoms with Gasteiger partial charge in [-0.15, -0.1) is 11.3 Å². The molecule has 1 aromatic heterocycles. The van der Waals surface area contributed by atoms with E-state index in [1.807, 2.05) is 29.6 Å². The van der Waals surface area contributed by atoms with Crippen molar-refractivity contribution < 1.29 is 4.74 Å². The van der Waals surface area contributed by atoms with Crippen LogP contribution in [0.15, 0.2) is 60.1 Å². The molecule has 2 aromatic carbocycles. The van der Waals surface area contributed by atoms with E-state index in [0.29, 0.717) is 12.3 Å².